The highest BCUT2D eigenvalue weighted by molar-refractivity contribution is 5.89. The number of benzene rings is 1. The van der Waals surface area contributed by atoms with Gasteiger partial charge >= 0.3 is 5.97 Å². The van der Waals surface area contributed by atoms with Crippen LogP contribution in [-0.4, -0.2) is 43.2 Å². The molecule has 0 aromatic heterocycles. The van der Waals surface area contributed by atoms with Gasteiger partial charge in [-0.2, -0.15) is 0 Å². The van der Waals surface area contributed by atoms with E-state index in [4.69, 9.17) is 4.74 Å². The molecule has 1 atom stereocenters. The van der Waals surface area contributed by atoms with E-state index >= 15 is 0 Å². The molecule has 1 N–H and O–H groups in total. The monoisotopic (exact) mass is 290 g/mol. The number of rotatable bonds is 6. The molecular formula is C17H26N2O2. The Balaban J connectivity index is 1.97. The molecule has 2 rings (SSSR count). The second-order valence-corrected chi connectivity index (χ2v) is 6.00. The van der Waals surface area contributed by atoms with Gasteiger partial charge in [0, 0.05) is 25.2 Å². The Morgan fingerprint density at radius 1 is 1.38 bits per heavy atom. The van der Waals surface area contributed by atoms with Gasteiger partial charge in [0.25, 0.3) is 0 Å². The first kappa shape index (κ1) is 16.0. The molecule has 1 heterocycles. The summed E-state index contributed by atoms with van der Waals surface area (Å²) in [5, 5.41) is 3.56. The van der Waals surface area contributed by atoms with E-state index in [1.165, 1.54) is 25.5 Å². The number of methoxy groups -OCH3 is 1. The molecule has 1 unspecified atom stereocenters. The van der Waals surface area contributed by atoms with E-state index in [1.54, 1.807) is 0 Å². The van der Waals surface area contributed by atoms with E-state index in [9.17, 15) is 4.79 Å². The Bertz CT molecular complexity index is 450. The normalized spacial score (nSPS) is 18.4. The fourth-order valence-corrected chi connectivity index (χ4v) is 2.75. The zero-order chi connectivity index (χ0) is 15.2. The predicted octanol–water partition coefficient (Wildman–Crippen LogP) is 2.44. The fourth-order valence-electron chi connectivity index (χ4n) is 2.75. The lowest BCUT2D eigenvalue weighted by Crippen LogP contribution is -2.40. The Kier molecular flexibility index (Phi) is 5.76. The van der Waals surface area contributed by atoms with Crippen LogP contribution in [0.15, 0.2) is 24.3 Å². The average molecular weight is 290 g/mol. The Labute approximate surface area is 127 Å². The lowest BCUT2D eigenvalue weighted by atomic mass is 10.1. The molecule has 1 saturated heterocycles. The first-order valence-electron chi connectivity index (χ1n) is 7.75. The molecule has 0 aliphatic carbocycles. The van der Waals surface area contributed by atoms with Crippen molar-refractivity contribution in [3.8, 4) is 0 Å². The smallest absolute Gasteiger partial charge is 0.337 e. The van der Waals surface area contributed by atoms with Gasteiger partial charge in [0.05, 0.1) is 12.7 Å². The van der Waals surface area contributed by atoms with Crippen LogP contribution in [0.25, 0.3) is 0 Å². The number of carbonyl (C=O) groups is 1. The van der Waals surface area contributed by atoms with Crippen LogP contribution in [0.3, 0.4) is 0 Å². The van der Waals surface area contributed by atoms with Gasteiger partial charge in [-0.3, -0.25) is 4.90 Å². The molecule has 1 aliphatic heterocycles. The van der Waals surface area contributed by atoms with Crippen molar-refractivity contribution in [2.75, 3.05) is 20.2 Å². The van der Waals surface area contributed by atoms with Gasteiger partial charge in [-0.1, -0.05) is 12.1 Å². The Hall–Kier alpha value is -1.39. The maximum atomic E-state index is 11.4. The molecule has 4 heteroatoms. The minimum Gasteiger partial charge on any atom is -0.465 e. The number of esters is 1. The van der Waals surface area contributed by atoms with Gasteiger partial charge in [-0.15, -0.1) is 0 Å². The van der Waals surface area contributed by atoms with Crippen molar-refractivity contribution < 1.29 is 9.53 Å². The zero-order valence-electron chi connectivity index (χ0n) is 13.3. The summed E-state index contributed by atoms with van der Waals surface area (Å²) in [4.78, 5) is 13.9. The fraction of sp³-hybridized carbons (Fsp3) is 0.588. The topological polar surface area (TPSA) is 41.6 Å². The molecule has 1 aromatic carbocycles. The summed E-state index contributed by atoms with van der Waals surface area (Å²) < 4.78 is 4.73. The summed E-state index contributed by atoms with van der Waals surface area (Å²) in [6, 6.07) is 8.84. The van der Waals surface area contributed by atoms with E-state index < -0.39 is 0 Å². The molecule has 1 fully saturated rings. The third kappa shape index (κ3) is 4.55. The predicted molar refractivity (Wildman–Crippen MR) is 84.4 cm³/mol. The molecule has 116 valence electrons. The lowest BCUT2D eigenvalue weighted by Gasteiger charge is -2.29. The number of ether oxygens (including phenoxy) is 1. The highest BCUT2D eigenvalue weighted by Gasteiger charge is 2.19. The second-order valence-electron chi connectivity index (χ2n) is 6.00. The second kappa shape index (κ2) is 7.57. The van der Waals surface area contributed by atoms with Crippen LogP contribution in [0, 0.1) is 0 Å². The summed E-state index contributed by atoms with van der Waals surface area (Å²) in [6.45, 7) is 7.60. The summed E-state index contributed by atoms with van der Waals surface area (Å²) in [7, 11) is 1.41. The van der Waals surface area contributed by atoms with E-state index in [-0.39, 0.29) is 5.97 Å². The van der Waals surface area contributed by atoms with E-state index in [0.29, 0.717) is 17.6 Å². The first-order chi connectivity index (χ1) is 10.1. The average Bonchev–Trinajstić information content (AvgIpc) is 2.99. The molecular weight excluding hydrogens is 264 g/mol. The largest absolute Gasteiger partial charge is 0.465 e. The van der Waals surface area contributed by atoms with Gasteiger partial charge < -0.3 is 10.1 Å². The van der Waals surface area contributed by atoms with Crippen molar-refractivity contribution in [2.45, 2.75) is 45.3 Å². The van der Waals surface area contributed by atoms with Crippen molar-refractivity contribution in [3.05, 3.63) is 35.4 Å². The third-order valence-electron chi connectivity index (χ3n) is 4.11. The first-order valence-corrected chi connectivity index (χ1v) is 7.75. The molecule has 0 saturated carbocycles. The maximum absolute atomic E-state index is 11.4. The standard InChI is InChI=1S/C17H26N2O2/c1-13(2)19(12-16-5-4-10-18-16)11-14-6-8-15(9-7-14)17(20)21-3/h6-9,13,16,18H,4-5,10-12H2,1-3H3. The highest BCUT2D eigenvalue weighted by Crippen LogP contribution is 2.14. The maximum Gasteiger partial charge on any atom is 0.337 e. The van der Waals surface area contributed by atoms with Crippen LogP contribution < -0.4 is 5.32 Å². The molecule has 0 radical (unpaired) electrons. The van der Waals surface area contributed by atoms with Crippen LogP contribution in [0.5, 0.6) is 0 Å². The summed E-state index contributed by atoms with van der Waals surface area (Å²) in [5.41, 5.74) is 1.84. The molecule has 21 heavy (non-hydrogen) atoms. The summed E-state index contributed by atoms with van der Waals surface area (Å²) >= 11 is 0. The van der Waals surface area contributed by atoms with Crippen molar-refractivity contribution in [3.63, 3.8) is 0 Å². The summed E-state index contributed by atoms with van der Waals surface area (Å²) in [5.74, 6) is -0.280. The number of hydrogen-bond donors (Lipinski definition) is 1. The van der Waals surface area contributed by atoms with Crippen molar-refractivity contribution >= 4 is 5.97 Å². The van der Waals surface area contributed by atoms with Crippen molar-refractivity contribution in [1.29, 1.82) is 0 Å². The summed E-state index contributed by atoms with van der Waals surface area (Å²) in [6.07, 6.45) is 2.55. The van der Waals surface area contributed by atoms with Crippen LogP contribution >= 0.6 is 0 Å². The Morgan fingerprint density at radius 3 is 2.62 bits per heavy atom. The van der Waals surface area contributed by atoms with Crippen LogP contribution in [0.4, 0.5) is 0 Å². The van der Waals surface area contributed by atoms with E-state index in [1.807, 2.05) is 24.3 Å². The van der Waals surface area contributed by atoms with E-state index in [2.05, 4.69) is 24.1 Å². The molecule has 0 amide bonds. The lowest BCUT2D eigenvalue weighted by molar-refractivity contribution is 0.0600. The van der Waals surface area contributed by atoms with Gasteiger partial charge in [0.1, 0.15) is 0 Å². The minimum atomic E-state index is -0.280. The quantitative estimate of drug-likeness (QED) is 0.817. The van der Waals surface area contributed by atoms with Gasteiger partial charge in [-0.05, 0) is 50.9 Å². The van der Waals surface area contributed by atoms with Crippen molar-refractivity contribution in [1.82, 2.24) is 10.2 Å². The van der Waals surface area contributed by atoms with Crippen LogP contribution in [0.2, 0.25) is 0 Å². The van der Waals surface area contributed by atoms with Gasteiger partial charge in [0.2, 0.25) is 0 Å². The molecule has 1 aliphatic rings. The number of carbonyl (C=O) groups excluding carboxylic acids is 1. The van der Waals surface area contributed by atoms with Gasteiger partial charge in [-0.25, -0.2) is 4.79 Å². The molecule has 0 bridgehead atoms. The number of nitrogens with one attached hydrogen (secondary N) is 1. The number of hydrogen-bond acceptors (Lipinski definition) is 4. The highest BCUT2D eigenvalue weighted by atomic mass is 16.5. The Morgan fingerprint density at radius 2 is 2.10 bits per heavy atom. The van der Waals surface area contributed by atoms with Crippen molar-refractivity contribution in [2.24, 2.45) is 0 Å². The minimum absolute atomic E-state index is 0.280. The zero-order valence-corrected chi connectivity index (χ0v) is 13.3. The van der Waals surface area contributed by atoms with E-state index in [0.717, 1.165) is 19.6 Å². The third-order valence-corrected chi connectivity index (χ3v) is 4.11. The number of nitrogens with zero attached hydrogens (tertiary/aromatic N) is 1. The van der Waals surface area contributed by atoms with Crippen LogP contribution in [-0.2, 0) is 11.3 Å². The molecule has 1 aromatic rings. The van der Waals surface area contributed by atoms with Gasteiger partial charge in [0.15, 0.2) is 0 Å². The SMILES string of the molecule is COC(=O)c1ccc(CN(CC2CCCN2)C(C)C)cc1. The van der Waals surface area contributed by atoms with Crippen LogP contribution in [0.1, 0.15) is 42.6 Å². The molecule has 4 nitrogen and oxygen atoms in total. The molecule has 0 spiro atoms.